The second-order valence-corrected chi connectivity index (χ2v) is 4.52. The number of hydrogen-bond donors (Lipinski definition) is 1. The van der Waals surface area contributed by atoms with E-state index in [-0.39, 0.29) is 17.9 Å². The van der Waals surface area contributed by atoms with Crippen LogP contribution >= 0.6 is 0 Å². The zero-order valence-electron chi connectivity index (χ0n) is 10.6. The number of hydrogen-bond acceptors (Lipinski definition) is 2. The lowest BCUT2D eigenvalue weighted by molar-refractivity contribution is -0.137. The Bertz CT molecular complexity index is 431. The molecule has 1 aliphatic heterocycles. The van der Waals surface area contributed by atoms with Crippen molar-refractivity contribution >= 4 is 11.8 Å². The van der Waals surface area contributed by atoms with E-state index in [4.69, 9.17) is 0 Å². The predicted octanol–water partition coefficient (Wildman–Crippen LogP) is 0.966. The van der Waals surface area contributed by atoms with Crippen LogP contribution in [0.3, 0.4) is 0 Å². The second-order valence-electron chi connectivity index (χ2n) is 4.52. The van der Waals surface area contributed by atoms with Crippen LogP contribution in [0.2, 0.25) is 0 Å². The Labute approximate surface area is 107 Å². The van der Waals surface area contributed by atoms with Gasteiger partial charge < -0.3 is 10.2 Å². The third kappa shape index (κ3) is 2.70. The highest BCUT2D eigenvalue weighted by Crippen LogP contribution is 2.18. The largest absolute Gasteiger partial charge is 0.357 e. The zero-order chi connectivity index (χ0) is 13.0. The molecule has 0 saturated carbocycles. The predicted molar refractivity (Wildman–Crippen MR) is 68.9 cm³/mol. The van der Waals surface area contributed by atoms with Crippen LogP contribution in [-0.4, -0.2) is 36.3 Å². The average molecular weight is 246 g/mol. The summed E-state index contributed by atoms with van der Waals surface area (Å²) in [6, 6.07) is 9.35. The van der Waals surface area contributed by atoms with Crippen molar-refractivity contribution in [2.45, 2.75) is 25.3 Å². The Morgan fingerprint density at radius 3 is 2.72 bits per heavy atom. The van der Waals surface area contributed by atoms with Crippen molar-refractivity contribution in [3.05, 3.63) is 35.9 Å². The summed E-state index contributed by atoms with van der Waals surface area (Å²) in [6.07, 6.45) is 2.03. The summed E-state index contributed by atoms with van der Waals surface area (Å²) in [5, 5.41) is 2.62. The maximum Gasteiger partial charge on any atom is 0.242 e. The molecule has 1 N–H and O–H groups in total. The SMILES string of the molecule is CNC(=O)[C@@H]1CCCN1C(=O)Cc1ccccc1. The summed E-state index contributed by atoms with van der Waals surface area (Å²) in [4.78, 5) is 25.6. The second kappa shape index (κ2) is 5.67. The van der Waals surface area contributed by atoms with E-state index in [9.17, 15) is 9.59 Å². The molecule has 0 aliphatic carbocycles. The fraction of sp³-hybridized carbons (Fsp3) is 0.429. The Balaban J connectivity index is 2.02. The number of benzene rings is 1. The maximum absolute atomic E-state index is 12.2. The van der Waals surface area contributed by atoms with Crippen LogP contribution in [0.4, 0.5) is 0 Å². The van der Waals surface area contributed by atoms with Crippen LogP contribution < -0.4 is 5.32 Å². The monoisotopic (exact) mass is 246 g/mol. The minimum Gasteiger partial charge on any atom is -0.357 e. The number of amides is 2. The molecule has 18 heavy (non-hydrogen) atoms. The number of rotatable bonds is 3. The van der Waals surface area contributed by atoms with Gasteiger partial charge in [-0.25, -0.2) is 0 Å². The molecule has 1 heterocycles. The van der Waals surface area contributed by atoms with Gasteiger partial charge in [0.15, 0.2) is 0 Å². The van der Waals surface area contributed by atoms with Gasteiger partial charge in [0.25, 0.3) is 0 Å². The molecule has 96 valence electrons. The molecule has 0 radical (unpaired) electrons. The molecule has 1 aromatic carbocycles. The minimum absolute atomic E-state index is 0.0345. The van der Waals surface area contributed by atoms with Crippen molar-refractivity contribution in [3.8, 4) is 0 Å². The van der Waals surface area contributed by atoms with Gasteiger partial charge in [-0.3, -0.25) is 9.59 Å². The Morgan fingerprint density at radius 1 is 1.33 bits per heavy atom. The van der Waals surface area contributed by atoms with Crippen LogP contribution in [0, 0.1) is 0 Å². The molecule has 2 rings (SSSR count). The molecular formula is C14H18N2O2. The van der Waals surface area contributed by atoms with Gasteiger partial charge in [-0.1, -0.05) is 30.3 Å². The Kier molecular flexibility index (Phi) is 3.97. The third-order valence-electron chi connectivity index (χ3n) is 3.32. The topological polar surface area (TPSA) is 49.4 Å². The molecule has 0 bridgehead atoms. The van der Waals surface area contributed by atoms with Crippen molar-refractivity contribution in [1.82, 2.24) is 10.2 Å². The van der Waals surface area contributed by atoms with Gasteiger partial charge in [-0.15, -0.1) is 0 Å². The molecule has 1 aliphatic rings. The summed E-state index contributed by atoms with van der Waals surface area (Å²) >= 11 is 0. The van der Waals surface area contributed by atoms with E-state index in [0.29, 0.717) is 13.0 Å². The lowest BCUT2D eigenvalue weighted by Gasteiger charge is -2.23. The van der Waals surface area contributed by atoms with E-state index in [2.05, 4.69) is 5.32 Å². The van der Waals surface area contributed by atoms with Gasteiger partial charge in [-0.2, -0.15) is 0 Å². The first-order valence-corrected chi connectivity index (χ1v) is 6.27. The van der Waals surface area contributed by atoms with Crippen molar-refractivity contribution in [2.75, 3.05) is 13.6 Å². The highest BCUT2D eigenvalue weighted by atomic mass is 16.2. The van der Waals surface area contributed by atoms with Gasteiger partial charge in [0, 0.05) is 13.6 Å². The molecule has 2 amide bonds. The standard InChI is InChI=1S/C14H18N2O2/c1-15-14(18)12-8-5-9-16(12)13(17)10-11-6-3-2-4-7-11/h2-4,6-7,12H,5,8-10H2,1H3,(H,15,18)/t12-/m0/s1. The van der Waals surface area contributed by atoms with Crippen molar-refractivity contribution in [1.29, 1.82) is 0 Å². The van der Waals surface area contributed by atoms with Gasteiger partial charge in [0.2, 0.25) is 11.8 Å². The van der Waals surface area contributed by atoms with Crippen LogP contribution in [-0.2, 0) is 16.0 Å². The van der Waals surface area contributed by atoms with Gasteiger partial charge in [-0.05, 0) is 18.4 Å². The van der Waals surface area contributed by atoms with Gasteiger partial charge in [0.1, 0.15) is 6.04 Å². The van der Waals surface area contributed by atoms with Crippen LogP contribution in [0.5, 0.6) is 0 Å². The van der Waals surface area contributed by atoms with E-state index in [0.717, 1.165) is 18.4 Å². The summed E-state index contributed by atoms with van der Waals surface area (Å²) in [6.45, 7) is 0.684. The molecule has 0 spiro atoms. The highest BCUT2D eigenvalue weighted by Gasteiger charge is 2.33. The number of likely N-dealkylation sites (N-methyl/N-ethyl adjacent to an activating group) is 1. The Hall–Kier alpha value is -1.84. The zero-order valence-corrected chi connectivity index (χ0v) is 10.6. The highest BCUT2D eigenvalue weighted by molar-refractivity contribution is 5.88. The van der Waals surface area contributed by atoms with E-state index >= 15 is 0 Å². The van der Waals surface area contributed by atoms with E-state index in [1.807, 2.05) is 30.3 Å². The normalized spacial score (nSPS) is 18.7. The number of carbonyl (C=O) groups is 2. The first-order valence-electron chi connectivity index (χ1n) is 6.27. The van der Waals surface area contributed by atoms with Gasteiger partial charge >= 0.3 is 0 Å². The fourth-order valence-corrected chi connectivity index (χ4v) is 2.38. The van der Waals surface area contributed by atoms with Crippen LogP contribution in [0.25, 0.3) is 0 Å². The summed E-state index contributed by atoms with van der Waals surface area (Å²) in [5.41, 5.74) is 0.991. The summed E-state index contributed by atoms with van der Waals surface area (Å²) in [7, 11) is 1.61. The molecule has 0 aromatic heterocycles. The van der Waals surface area contributed by atoms with E-state index < -0.39 is 0 Å². The molecular weight excluding hydrogens is 228 g/mol. The molecule has 1 fully saturated rings. The number of likely N-dealkylation sites (tertiary alicyclic amines) is 1. The first kappa shape index (κ1) is 12.6. The van der Waals surface area contributed by atoms with Gasteiger partial charge in [0.05, 0.1) is 6.42 Å². The minimum atomic E-state index is -0.286. The summed E-state index contributed by atoms with van der Waals surface area (Å²) < 4.78 is 0. The first-order chi connectivity index (χ1) is 8.72. The Morgan fingerprint density at radius 2 is 2.06 bits per heavy atom. The third-order valence-corrected chi connectivity index (χ3v) is 3.32. The lowest BCUT2D eigenvalue weighted by Crippen LogP contribution is -2.45. The quantitative estimate of drug-likeness (QED) is 0.864. The molecule has 4 heteroatoms. The fourth-order valence-electron chi connectivity index (χ4n) is 2.38. The number of nitrogens with zero attached hydrogens (tertiary/aromatic N) is 1. The van der Waals surface area contributed by atoms with Crippen LogP contribution in [0.1, 0.15) is 18.4 Å². The molecule has 1 atom stereocenters. The van der Waals surface area contributed by atoms with Crippen molar-refractivity contribution in [2.24, 2.45) is 0 Å². The molecule has 1 saturated heterocycles. The summed E-state index contributed by atoms with van der Waals surface area (Å²) in [5.74, 6) is -0.0267. The smallest absolute Gasteiger partial charge is 0.242 e. The van der Waals surface area contributed by atoms with Crippen molar-refractivity contribution < 1.29 is 9.59 Å². The molecule has 1 aromatic rings. The maximum atomic E-state index is 12.2. The van der Waals surface area contributed by atoms with Crippen LogP contribution in [0.15, 0.2) is 30.3 Å². The lowest BCUT2D eigenvalue weighted by atomic mass is 10.1. The molecule has 4 nitrogen and oxygen atoms in total. The number of carbonyl (C=O) groups excluding carboxylic acids is 2. The average Bonchev–Trinajstić information content (AvgIpc) is 2.88. The molecule has 0 unspecified atom stereocenters. The number of nitrogens with one attached hydrogen (secondary N) is 1. The van der Waals surface area contributed by atoms with Crippen molar-refractivity contribution in [3.63, 3.8) is 0 Å². The van der Waals surface area contributed by atoms with E-state index in [1.165, 1.54) is 0 Å². The van der Waals surface area contributed by atoms with E-state index in [1.54, 1.807) is 11.9 Å².